The summed E-state index contributed by atoms with van der Waals surface area (Å²) in [5, 5.41) is 0. The lowest BCUT2D eigenvalue weighted by Crippen LogP contribution is -2.43. The SMILES string of the molecule is CCN1CCC(C)(CN(C)C)CC1. The van der Waals surface area contributed by atoms with Crippen molar-refractivity contribution in [2.75, 3.05) is 40.3 Å². The Labute approximate surface area is 82.9 Å². The highest BCUT2D eigenvalue weighted by Crippen LogP contribution is 2.30. The van der Waals surface area contributed by atoms with Crippen LogP contribution in [0.25, 0.3) is 0 Å². The average molecular weight is 184 g/mol. The summed E-state index contributed by atoms with van der Waals surface area (Å²) in [7, 11) is 4.36. The molecule has 0 saturated carbocycles. The van der Waals surface area contributed by atoms with Crippen molar-refractivity contribution < 1.29 is 0 Å². The molecule has 0 aromatic rings. The number of piperidine rings is 1. The zero-order chi connectivity index (χ0) is 9.90. The number of hydrogen-bond donors (Lipinski definition) is 0. The van der Waals surface area contributed by atoms with Crippen molar-refractivity contribution in [1.82, 2.24) is 9.80 Å². The average Bonchev–Trinajstić information content (AvgIpc) is 2.04. The van der Waals surface area contributed by atoms with E-state index in [-0.39, 0.29) is 0 Å². The van der Waals surface area contributed by atoms with Gasteiger partial charge in [0.25, 0.3) is 0 Å². The summed E-state index contributed by atoms with van der Waals surface area (Å²) in [6.07, 6.45) is 2.72. The van der Waals surface area contributed by atoms with E-state index in [0.717, 1.165) is 0 Å². The minimum atomic E-state index is 0.565. The summed E-state index contributed by atoms with van der Waals surface area (Å²) < 4.78 is 0. The van der Waals surface area contributed by atoms with Crippen LogP contribution in [0.15, 0.2) is 0 Å². The van der Waals surface area contributed by atoms with Gasteiger partial charge in [0.15, 0.2) is 0 Å². The van der Waals surface area contributed by atoms with Crippen molar-refractivity contribution in [2.24, 2.45) is 5.41 Å². The molecule has 1 aliphatic heterocycles. The maximum atomic E-state index is 2.55. The number of rotatable bonds is 3. The van der Waals surface area contributed by atoms with Crippen LogP contribution in [0.2, 0.25) is 0 Å². The van der Waals surface area contributed by atoms with Crippen molar-refractivity contribution in [3.8, 4) is 0 Å². The quantitative estimate of drug-likeness (QED) is 0.658. The van der Waals surface area contributed by atoms with Gasteiger partial charge in [-0.05, 0) is 52.0 Å². The van der Waals surface area contributed by atoms with E-state index < -0.39 is 0 Å². The normalized spacial score (nSPS) is 23.8. The Hall–Kier alpha value is -0.0800. The van der Waals surface area contributed by atoms with Crippen LogP contribution in [0, 0.1) is 5.41 Å². The molecule has 0 aromatic heterocycles. The fourth-order valence-corrected chi connectivity index (χ4v) is 2.33. The van der Waals surface area contributed by atoms with E-state index in [0.29, 0.717) is 5.41 Å². The fraction of sp³-hybridized carbons (Fsp3) is 1.00. The molecule has 0 radical (unpaired) electrons. The van der Waals surface area contributed by atoms with E-state index in [1.807, 2.05) is 0 Å². The minimum absolute atomic E-state index is 0.565. The maximum Gasteiger partial charge on any atom is 0.00302 e. The van der Waals surface area contributed by atoms with E-state index in [4.69, 9.17) is 0 Å². The van der Waals surface area contributed by atoms with Gasteiger partial charge in [-0.3, -0.25) is 0 Å². The van der Waals surface area contributed by atoms with Gasteiger partial charge in [0.2, 0.25) is 0 Å². The molecule has 1 saturated heterocycles. The van der Waals surface area contributed by atoms with Crippen molar-refractivity contribution in [3.05, 3.63) is 0 Å². The molecule has 1 heterocycles. The molecule has 0 spiro atoms. The summed E-state index contributed by atoms with van der Waals surface area (Å²) in [5.41, 5.74) is 0.565. The number of hydrogen-bond acceptors (Lipinski definition) is 2. The second-order valence-corrected chi connectivity index (χ2v) is 4.98. The first-order valence-electron chi connectivity index (χ1n) is 5.43. The lowest BCUT2D eigenvalue weighted by atomic mass is 9.80. The molecule has 1 aliphatic rings. The van der Waals surface area contributed by atoms with Gasteiger partial charge in [-0.2, -0.15) is 0 Å². The first-order valence-corrected chi connectivity index (χ1v) is 5.43. The second kappa shape index (κ2) is 4.43. The van der Waals surface area contributed by atoms with Crippen molar-refractivity contribution in [1.29, 1.82) is 0 Å². The van der Waals surface area contributed by atoms with Gasteiger partial charge in [-0.25, -0.2) is 0 Å². The third-order valence-electron chi connectivity index (χ3n) is 3.21. The summed E-state index contributed by atoms with van der Waals surface area (Å²) in [5.74, 6) is 0. The van der Waals surface area contributed by atoms with Gasteiger partial charge in [0, 0.05) is 6.54 Å². The van der Waals surface area contributed by atoms with Crippen LogP contribution in [-0.4, -0.2) is 50.1 Å². The second-order valence-electron chi connectivity index (χ2n) is 4.98. The van der Waals surface area contributed by atoms with Gasteiger partial charge in [0.1, 0.15) is 0 Å². The van der Waals surface area contributed by atoms with E-state index >= 15 is 0 Å². The van der Waals surface area contributed by atoms with Gasteiger partial charge in [-0.1, -0.05) is 13.8 Å². The third kappa shape index (κ3) is 3.28. The van der Waals surface area contributed by atoms with Crippen molar-refractivity contribution >= 4 is 0 Å². The molecule has 0 aliphatic carbocycles. The van der Waals surface area contributed by atoms with Crippen LogP contribution in [0.4, 0.5) is 0 Å². The molecule has 0 unspecified atom stereocenters. The molecule has 0 amide bonds. The van der Waals surface area contributed by atoms with Crippen LogP contribution in [0.3, 0.4) is 0 Å². The van der Waals surface area contributed by atoms with E-state index in [2.05, 4.69) is 37.7 Å². The van der Waals surface area contributed by atoms with Crippen LogP contribution in [-0.2, 0) is 0 Å². The third-order valence-corrected chi connectivity index (χ3v) is 3.21. The molecule has 0 N–H and O–H groups in total. The van der Waals surface area contributed by atoms with Crippen LogP contribution < -0.4 is 0 Å². The Balaban J connectivity index is 2.37. The van der Waals surface area contributed by atoms with Crippen LogP contribution in [0.1, 0.15) is 26.7 Å². The Morgan fingerprint density at radius 1 is 1.23 bits per heavy atom. The van der Waals surface area contributed by atoms with Crippen molar-refractivity contribution in [3.63, 3.8) is 0 Å². The number of likely N-dealkylation sites (tertiary alicyclic amines) is 1. The zero-order valence-electron chi connectivity index (χ0n) is 9.64. The molecular weight excluding hydrogens is 160 g/mol. The van der Waals surface area contributed by atoms with Gasteiger partial charge >= 0.3 is 0 Å². The summed E-state index contributed by atoms with van der Waals surface area (Å²) in [6.45, 7) is 9.74. The predicted molar refractivity (Wildman–Crippen MR) is 58.0 cm³/mol. The Bertz CT molecular complexity index is 146. The lowest BCUT2D eigenvalue weighted by molar-refractivity contribution is 0.0952. The molecular formula is C11H24N2. The van der Waals surface area contributed by atoms with E-state index in [9.17, 15) is 0 Å². The summed E-state index contributed by atoms with van der Waals surface area (Å²) >= 11 is 0. The Morgan fingerprint density at radius 2 is 1.77 bits per heavy atom. The topological polar surface area (TPSA) is 6.48 Å². The largest absolute Gasteiger partial charge is 0.309 e. The molecule has 78 valence electrons. The molecule has 13 heavy (non-hydrogen) atoms. The zero-order valence-corrected chi connectivity index (χ0v) is 9.64. The van der Waals surface area contributed by atoms with Crippen LogP contribution in [0.5, 0.6) is 0 Å². The molecule has 2 heteroatoms. The monoisotopic (exact) mass is 184 g/mol. The molecule has 0 atom stereocenters. The highest BCUT2D eigenvalue weighted by Gasteiger charge is 2.29. The van der Waals surface area contributed by atoms with E-state index in [1.54, 1.807) is 0 Å². The van der Waals surface area contributed by atoms with Crippen LogP contribution >= 0.6 is 0 Å². The molecule has 1 rings (SSSR count). The predicted octanol–water partition coefficient (Wildman–Crippen LogP) is 1.67. The lowest BCUT2D eigenvalue weighted by Gasteiger charge is -2.40. The molecule has 1 fully saturated rings. The van der Waals surface area contributed by atoms with Gasteiger partial charge in [0.05, 0.1) is 0 Å². The van der Waals surface area contributed by atoms with Crippen molar-refractivity contribution in [2.45, 2.75) is 26.7 Å². The number of nitrogens with zero attached hydrogens (tertiary/aromatic N) is 2. The summed E-state index contributed by atoms with van der Waals surface area (Å²) in [4.78, 5) is 4.87. The van der Waals surface area contributed by atoms with Gasteiger partial charge in [-0.15, -0.1) is 0 Å². The minimum Gasteiger partial charge on any atom is -0.309 e. The smallest absolute Gasteiger partial charge is 0.00302 e. The standard InChI is InChI=1S/C11H24N2/c1-5-13-8-6-11(2,7-9-13)10-12(3)4/h5-10H2,1-4H3. The fourth-order valence-electron chi connectivity index (χ4n) is 2.33. The maximum absolute atomic E-state index is 2.55. The molecule has 2 nitrogen and oxygen atoms in total. The molecule has 0 bridgehead atoms. The Kier molecular flexibility index (Phi) is 3.74. The van der Waals surface area contributed by atoms with E-state index in [1.165, 1.54) is 39.0 Å². The Morgan fingerprint density at radius 3 is 2.15 bits per heavy atom. The van der Waals surface area contributed by atoms with Gasteiger partial charge < -0.3 is 9.80 Å². The molecule has 0 aromatic carbocycles. The first kappa shape index (κ1) is 11.0. The first-order chi connectivity index (χ1) is 6.06. The summed E-state index contributed by atoms with van der Waals surface area (Å²) in [6, 6.07) is 0. The highest BCUT2D eigenvalue weighted by molar-refractivity contribution is 4.83. The highest BCUT2D eigenvalue weighted by atomic mass is 15.1.